The average Bonchev–Trinajstić information content (AvgIpc) is 2.86. The molecule has 0 aromatic carbocycles. The molecule has 7 nitrogen and oxygen atoms in total. The largest absolute Gasteiger partial charge is 0.358 e. The van der Waals surface area contributed by atoms with Gasteiger partial charge in [-0.2, -0.15) is 0 Å². The normalized spacial score (nSPS) is 10.7. The highest BCUT2D eigenvalue weighted by Gasteiger charge is 2.14. The number of aromatic nitrogens is 5. The second-order valence-electron chi connectivity index (χ2n) is 4.42. The summed E-state index contributed by atoms with van der Waals surface area (Å²) in [5.41, 5.74) is 2.20. The fraction of sp³-hybridized carbons (Fsp3) is 0.417. The summed E-state index contributed by atoms with van der Waals surface area (Å²) in [5.74, 6) is 0.118. The monoisotopic (exact) mass is 260 g/mol. The summed E-state index contributed by atoms with van der Waals surface area (Å²) in [6.45, 7) is 4.23. The van der Waals surface area contributed by atoms with Crippen LogP contribution in [0, 0.1) is 0 Å². The summed E-state index contributed by atoms with van der Waals surface area (Å²) in [4.78, 5) is 19.9. The zero-order valence-electron chi connectivity index (χ0n) is 11.2. The number of amides is 1. The van der Waals surface area contributed by atoms with Crippen LogP contribution in [0.5, 0.6) is 0 Å². The molecule has 2 heterocycles. The lowest BCUT2D eigenvalue weighted by Crippen LogP contribution is -2.23. The zero-order valence-corrected chi connectivity index (χ0v) is 11.2. The first-order valence-corrected chi connectivity index (χ1v) is 6.03. The Bertz CT molecular complexity index is 577. The molecule has 1 amide bonds. The van der Waals surface area contributed by atoms with Crippen LogP contribution in [0.15, 0.2) is 18.6 Å². The number of nitrogens with one attached hydrogen (secondary N) is 1. The Balaban J connectivity index is 2.30. The van der Waals surface area contributed by atoms with Gasteiger partial charge in [0.25, 0.3) is 0 Å². The molecule has 0 saturated heterocycles. The maximum Gasteiger partial charge on any atom is 0.241 e. The van der Waals surface area contributed by atoms with E-state index >= 15 is 0 Å². The maximum absolute atomic E-state index is 11.3. The van der Waals surface area contributed by atoms with Crippen LogP contribution in [0.3, 0.4) is 0 Å². The van der Waals surface area contributed by atoms with E-state index < -0.39 is 0 Å². The molecule has 2 rings (SSSR count). The van der Waals surface area contributed by atoms with Crippen LogP contribution in [0.1, 0.15) is 25.5 Å². The minimum atomic E-state index is -0.125. The van der Waals surface area contributed by atoms with Gasteiger partial charge in [-0.15, -0.1) is 5.10 Å². The Morgan fingerprint density at radius 3 is 2.79 bits per heavy atom. The van der Waals surface area contributed by atoms with E-state index in [9.17, 15) is 4.79 Å². The number of hydrogen-bond acceptors (Lipinski definition) is 5. The summed E-state index contributed by atoms with van der Waals surface area (Å²) in [7, 11) is 1.58. The number of carbonyl (C=O) groups is 1. The molecule has 0 unspecified atom stereocenters. The van der Waals surface area contributed by atoms with Gasteiger partial charge in [0.2, 0.25) is 5.91 Å². The van der Waals surface area contributed by atoms with Crippen molar-refractivity contribution in [3.8, 4) is 11.4 Å². The molecule has 0 bridgehead atoms. The molecule has 0 saturated carbocycles. The van der Waals surface area contributed by atoms with Crippen LogP contribution in [-0.4, -0.2) is 37.9 Å². The zero-order chi connectivity index (χ0) is 13.8. The second-order valence-corrected chi connectivity index (χ2v) is 4.42. The van der Waals surface area contributed by atoms with E-state index in [0.717, 1.165) is 5.69 Å². The molecule has 0 aliphatic heterocycles. The van der Waals surface area contributed by atoms with Gasteiger partial charge in [0, 0.05) is 19.4 Å². The van der Waals surface area contributed by atoms with Crippen LogP contribution in [-0.2, 0) is 11.3 Å². The molecule has 2 aromatic rings. The molecular weight excluding hydrogens is 244 g/mol. The van der Waals surface area contributed by atoms with Crippen molar-refractivity contribution in [2.24, 2.45) is 0 Å². The van der Waals surface area contributed by atoms with Crippen molar-refractivity contribution in [2.75, 3.05) is 7.05 Å². The van der Waals surface area contributed by atoms with Gasteiger partial charge < -0.3 is 5.32 Å². The van der Waals surface area contributed by atoms with Crippen LogP contribution < -0.4 is 5.32 Å². The lowest BCUT2D eigenvalue weighted by Gasteiger charge is -2.07. The van der Waals surface area contributed by atoms with Gasteiger partial charge in [0.1, 0.15) is 17.9 Å². The molecule has 2 aromatic heterocycles. The number of hydrogen-bond donors (Lipinski definition) is 1. The molecule has 0 aliphatic rings. The van der Waals surface area contributed by atoms with Gasteiger partial charge in [0.05, 0.1) is 11.9 Å². The molecule has 0 aliphatic carbocycles. The van der Waals surface area contributed by atoms with Crippen LogP contribution in [0.2, 0.25) is 0 Å². The molecule has 1 N–H and O–H groups in total. The molecule has 0 radical (unpaired) electrons. The quantitative estimate of drug-likeness (QED) is 0.870. The Kier molecular flexibility index (Phi) is 3.84. The van der Waals surface area contributed by atoms with E-state index in [0.29, 0.717) is 11.4 Å². The number of nitrogens with zero attached hydrogens (tertiary/aromatic N) is 5. The van der Waals surface area contributed by atoms with Gasteiger partial charge in [-0.05, 0) is 5.92 Å². The highest BCUT2D eigenvalue weighted by molar-refractivity contribution is 5.75. The summed E-state index contributed by atoms with van der Waals surface area (Å²) in [6, 6.07) is 0. The third-order valence-electron chi connectivity index (χ3n) is 2.64. The fourth-order valence-corrected chi connectivity index (χ4v) is 1.68. The molecule has 19 heavy (non-hydrogen) atoms. The average molecular weight is 260 g/mol. The summed E-state index contributed by atoms with van der Waals surface area (Å²) in [6.07, 6.45) is 4.98. The van der Waals surface area contributed by atoms with Crippen molar-refractivity contribution in [3.05, 3.63) is 24.3 Å². The Labute approximate surface area is 111 Å². The SMILES string of the molecule is CNC(=O)Cn1cc(-c2nccnc2C(C)C)nn1. The van der Waals surface area contributed by atoms with Gasteiger partial charge in [0.15, 0.2) is 0 Å². The van der Waals surface area contributed by atoms with Gasteiger partial charge in [-0.3, -0.25) is 14.8 Å². The van der Waals surface area contributed by atoms with E-state index in [2.05, 4.69) is 25.6 Å². The summed E-state index contributed by atoms with van der Waals surface area (Å²) in [5, 5.41) is 10.5. The Hall–Kier alpha value is -2.31. The van der Waals surface area contributed by atoms with E-state index in [1.807, 2.05) is 13.8 Å². The molecule has 100 valence electrons. The highest BCUT2D eigenvalue weighted by atomic mass is 16.1. The van der Waals surface area contributed by atoms with Crippen molar-refractivity contribution < 1.29 is 4.79 Å². The number of likely N-dealkylation sites (N-methyl/N-ethyl adjacent to an activating group) is 1. The summed E-state index contributed by atoms with van der Waals surface area (Å²) < 4.78 is 1.48. The minimum Gasteiger partial charge on any atom is -0.358 e. The van der Waals surface area contributed by atoms with Crippen molar-refractivity contribution in [1.29, 1.82) is 0 Å². The van der Waals surface area contributed by atoms with Gasteiger partial charge in [-0.25, -0.2) is 4.68 Å². The first-order valence-electron chi connectivity index (χ1n) is 6.03. The van der Waals surface area contributed by atoms with Crippen LogP contribution in [0.25, 0.3) is 11.4 Å². The van der Waals surface area contributed by atoms with Gasteiger partial charge in [-0.1, -0.05) is 19.1 Å². The van der Waals surface area contributed by atoms with E-state index in [-0.39, 0.29) is 18.4 Å². The third-order valence-corrected chi connectivity index (χ3v) is 2.64. The fourth-order valence-electron chi connectivity index (χ4n) is 1.68. The molecule has 0 spiro atoms. The van der Waals surface area contributed by atoms with Crippen LogP contribution in [0.4, 0.5) is 0 Å². The first kappa shape index (κ1) is 13.1. The third kappa shape index (κ3) is 2.93. The van der Waals surface area contributed by atoms with Crippen molar-refractivity contribution in [3.63, 3.8) is 0 Å². The maximum atomic E-state index is 11.3. The topological polar surface area (TPSA) is 85.6 Å². The van der Waals surface area contributed by atoms with Crippen molar-refractivity contribution in [1.82, 2.24) is 30.3 Å². The minimum absolute atomic E-state index is 0.125. The standard InChI is InChI=1S/C12H16N6O/c1-8(2)11-12(15-5-4-14-11)9-6-18(17-16-9)7-10(19)13-3/h4-6,8H,7H2,1-3H3,(H,13,19). The Morgan fingerprint density at radius 1 is 1.37 bits per heavy atom. The highest BCUT2D eigenvalue weighted by Crippen LogP contribution is 2.22. The van der Waals surface area contributed by atoms with E-state index in [1.54, 1.807) is 25.6 Å². The number of rotatable bonds is 4. The molecule has 0 atom stereocenters. The second kappa shape index (κ2) is 5.55. The summed E-state index contributed by atoms with van der Waals surface area (Å²) >= 11 is 0. The molecule has 0 fully saturated rings. The van der Waals surface area contributed by atoms with E-state index in [1.165, 1.54) is 4.68 Å². The first-order chi connectivity index (χ1) is 9.11. The van der Waals surface area contributed by atoms with Gasteiger partial charge >= 0.3 is 0 Å². The van der Waals surface area contributed by atoms with E-state index in [4.69, 9.17) is 0 Å². The lowest BCUT2D eigenvalue weighted by molar-refractivity contribution is -0.121. The number of carbonyl (C=O) groups excluding carboxylic acids is 1. The Morgan fingerprint density at radius 2 is 2.11 bits per heavy atom. The smallest absolute Gasteiger partial charge is 0.241 e. The molecule has 7 heteroatoms. The predicted molar refractivity (Wildman–Crippen MR) is 69.2 cm³/mol. The van der Waals surface area contributed by atoms with Crippen LogP contribution >= 0.6 is 0 Å². The molecular formula is C12H16N6O. The van der Waals surface area contributed by atoms with Crippen molar-refractivity contribution in [2.45, 2.75) is 26.3 Å². The lowest BCUT2D eigenvalue weighted by atomic mass is 10.1. The predicted octanol–water partition coefficient (Wildman–Crippen LogP) is 0.604. The van der Waals surface area contributed by atoms with Crippen molar-refractivity contribution >= 4 is 5.91 Å².